The minimum Gasteiger partial charge on any atom is -0.870 e. The zero-order valence-corrected chi connectivity index (χ0v) is 15.9. The molecule has 0 spiro atoms. The predicted molar refractivity (Wildman–Crippen MR) is 58.9 cm³/mol. The van der Waals surface area contributed by atoms with Crippen LogP contribution in [0.4, 0.5) is 0 Å². The third-order valence-corrected chi connectivity index (χ3v) is 8.01. The van der Waals surface area contributed by atoms with E-state index in [0.717, 1.165) is 0 Å². The fraction of sp³-hybridized carbons (Fsp3) is 1.00. The van der Waals surface area contributed by atoms with E-state index in [9.17, 15) is 0 Å². The van der Waals surface area contributed by atoms with Gasteiger partial charge in [0, 0.05) is 0 Å². The molecule has 4 N–H and O–H groups in total. The third-order valence-electron chi connectivity index (χ3n) is 1.35. The molecule has 0 heterocycles. The van der Waals surface area contributed by atoms with Gasteiger partial charge in [0.2, 0.25) is 0 Å². The van der Waals surface area contributed by atoms with E-state index in [1.807, 2.05) is 0 Å². The molecule has 0 aromatic carbocycles. The van der Waals surface area contributed by atoms with Crippen molar-refractivity contribution < 1.29 is 68.4 Å². The molecule has 0 atom stereocenters. The molecule has 0 saturated heterocycles. The molecular formula is C10H28O4Zr2. The second-order valence-corrected chi connectivity index (χ2v) is 11.1. The van der Waals surface area contributed by atoms with Crippen molar-refractivity contribution in [2.75, 3.05) is 0 Å². The molecule has 100 valence electrons. The predicted octanol–water partition coefficient (Wildman–Crippen LogP) is 3.96. The molecular weight excluding hydrogens is 367 g/mol. The monoisotopic (exact) mass is 392 g/mol. The van der Waals surface area contributed by atoms with Crippen molar-refractivity contribution in [3.05, 3.63) is 0 Å². The van der Waals surface area contributed by atoms with Gasteiger partial charge in [0.1, 0.15) is 0 Å². The second kappa shape index (κ2) is 43.8. The summed E-state index contributed by atoms with van der Waals surface area (Å²) in [6.07, 6.45) is 2.87. The van der Waals surface area contributed by atoms with Gasteiger partial charge in [0.25, 0.3) is 0 Å². The molecule has 0 aliphatic carbocycles. The second-order valence-electron chi connectivity index (χ2n) is 2.71. The van der Waals surface area contributed by atoms with Crippen molar-refractivity contribution in [1.29, 1.82) is 0 Å². The van der Waals surface area contributed by atoms with E-state index in [1.165, 1.54) is 21.1 Å². The molecule has 0 aromatic rings. The molecule has 0 amide bonds. The van der Waals surface area contributed by atoms with Crippen LogP contribution in [0.15, 0.2) is 0 Å². The first kappa shape index (κ1) is 36.0. The maximum Gasteiger partial charge on any atom is -0.870 e. The Morgan fingerprint density at radius 2 is 0.875 bits per heavy atom. The van der Waals surface area contributed by atoms with Crippen LogP contribution in [-0.2, 0) is 46.5 Å². The Morgan fingerprint density at radius 3 is 1.00 bits per heavy atom. The van der Waals surface area contributed by atoms with Crippen molar-refractivity contribution >= 4 is 0 Å². The standard InChI is InChI=1S/2C3H7.2C2H5.4H2O.2Zr/c2*1-3-2;2*1-2;;;;;;/h2*1,3H2,2H3;2*1H2,2H3;4*1H2;;/q;;;;;;;;2*+2/p-4. The van der Waals surface area contributed by atoms with Crippen molar-refractivity contribution in [2.45, 2.75) is 57.1 Å². The van der Waals surface area contributed by atoms with Crippen LogP contribution in [0.3, 0.4) is 0 Å². The zero-order chi connectivity index (χ0) is 9.66. The van der Waals surface area contributed by atoms with Crippen molar-refractivity contribution in [1.82, 2.24) is 0 Å². The van der Waals surface area contributed by atoms with Crippen LogP contribution in [0.5, 0.6) is 0 Å². The van der Waals surface area contributed by atoms with Gasteiger partial charge in [-0.2, -0.15) is 0 Å². The van der Waals surface area contributed by atoms with Gasteiger partial charge < -0.3 is 21.9 Å². The Bertz CT molecular complexity index is 62.8. The molecule has 0 aromatic heterocycles. The minimum absolute atomic E-state index is 0. The van der Waals surface area contributed by atoms with Gasteiger partial charge in [-0.05, 0) is 0 Å². The van der Waals surface area contributed by atoms with Crippen LogP contribution < -0.4 is 0 Å². The van der Waals surface area contributed by atoms with Gasteiger partial charge in [-0.25, -0.2) is 0 Å². The SMILES string of the molecule is CC[CH2][Zr+2][CH2]CC.C[CH2][Zr+2][CH2]C.[OH-].[OH-].[OH-].[OH-]. The largest absolute Gasteiger partial charge is 0.870 e. The minimum atomic E-state index is 0. The van der Waals surface area contributed by atoms with Crippen LogP contribution >= 0.6 is 0 Å². The molecule has 16 heavy (non-hydrogen) atoms. The Hall–Kier alpha value is 1.61. The molecule has 4 nitrogen and oxygen atoms in total. The molecule has 0 unspecified atom stereocenters. The summed E-state index contributed by atoms with van der Waals surface area (Å²) in [6.45, 7) is 9.15. The molecule has 0 fully saturated rings. The van der Waals surface area contributed by atoms with Gasteiger partial charge in [0.15, 0.2) is 0 Å². The Morgan fingerprint density at radius 1 is 0.562 bits per heavy atom. The first-order chi connectivity index (χ1) is 5.83. The zero-order valence-electron chi connectivity index (χ0n) is 11.0. The summed E-state index contributed by atoms with van der Waals surface area (Å²) in [5.41, 5.74) is 0. The molecule has 0 saturated carbocycles. The van der Waals surface area contributed by atoms with E-state index in [4.69, 9.17) is 0 Å². The van der Waals surface area contributed by atoms with Gasteiger partial charge in [-0.3, -0.25) is 0 Å². The van der Waals surface area contributed by atoms with E-state index >= 15 is 0 Å². The molecule has 0 aliphatic rings. The fourth-order valence-corrected chi connectivity index (χ4v) is 4.31. The quantitative estimate of drug-likeness (QED) is 0.633. The fourth-order valence-electron chi connectivity index (χ4n) is 0.729. The average Bonchev–Trinajstić information content (AvgIpc) is 2.08. The molecule has 0 bridgehead atoms. The van der Waals surface area contributed by atoms with Crippen molar-refractivity contribution in [3.8, 4) is 0 Å². The van der Waals surface area contributed by atoms with Gasteiger partial charge in [-0.1, -0.05) is 0 Å². The summed E-state index contributed by atoms with van der Waals surface area (Å²) < 4.78 is 6.22. The normalized spacial score (nSPS) is 5.75. The summed E-state index contributed by atoms with van der Waals surface area (Å²) in [7, 11) is 0. The summed E-state index contributed by atoms with van der Waals surface area (Å²) in [6, 6.07) is 0. The summed E-state index contributed by atoms with van der Waals surface area (Å²) in [4.78, 5) is 0. The van der Waals surface area contributed by atoms with Crippen LogP contribution in [0.25, 0.3) is 0 Å². The Balaban J connectivity index is -0.0000000258. The summed E-state index contributed by atoms with van der Waals surface area (Å²) >= 11 is 0.399. The van der Waals surface area contributed by atoms with E-state index in [-0.39, 0.29) is 68.4 Å². The van der Waals surface area contributed by atoms with Gasteiger partial charge in [-0.15, -0.1) is 0 Å². The molecule has 0 radical (unpaired) electrons. The number of rotatable bonds is 6. The van der Waals surface area contributed by atoms with Crippen LogP contribution in [0, 0.1) is 0 Å². The Kier molecular flexibility index (Phi) is 98.7. The first-order valence-electron chi connectivity index (χ1n) is 5.24. The van der Waals surface area contributed by atoms with Gasteiger partial charge in [0.05, 0.1) is 0 Å². The van der Waals surface area contributed by atoms with E-state index in [2.05, 4.69) is 27.7 Å². The number of hydrogen-bond acceptors (Lipinski definition) is 4. The molecule has 0 aliphatic heterocycles. The third kappa shape index (κ3) is 57.5. The summed E-state index contributed by atoms with van der Waals surface area (Å²) in [5.74, 6) is 0. The van der Waals surface area contributed by atoms with Crippen molar-refractivity contribution in [2.24, 2.45) is 0 Å². The van der Waals surface area contributed by atoms with E-state index < -0.39 is 0 Å². The molecule has 0 rings (SSSR count). The summed E-state index contributed by atoms with van der Waals surface area (Å²) in [5, 5.41) is 0. The maximum atomic E-state index is 2.29. The smallest absolute Gasteiger partial charge is 0.870 e. The van der Waals surface area contributed by atoms with Crippen molar-refractivity contribution in [3.63, 3.8) is 0 Å². The topological polar surface area (TPSA) is 120 Å². The van der Waals surface area contributed by atoms with Gasteiger partial charge >= 0.3 is 104 Å². The number of hydrogen-bond donors (Lipinski definition) is 0. The van der Waals surface area contributed by atoms with Crippen LogP contribution in [0.2, 0.25) is 16.5 Å². The maximum absolute atomic E-state index is 2.29. The van der Waals surface area contributed by atoms with E-state index in [1.54, 1.807) is 8.26 Å². The Labute approximate surface area is 124 Å². The van der Waals surface area contributed by atoms with Crippen LogP contribution in [0.1, 0.15) is 40.5 Å². The average molecular weight is 395 g/mol. The molecule has 6 heteroatoms. The first-order valence-corrected chi connectivity index (χ1v) is 12.2. The van der Waals surface area contributed by atoms with E-state index in [0.29, 0.717) is 0 Å². The van der Waals surface area contributed by atoms with Crippen LogP contribution in [-0.4, -0.2) is 21.9 Å².